The van der Waals surface area contributed by atoms with Crippen LogP contribution in [-0.2, 0) is 10.4 Å². The van der Waals surface area contributed by atoms with Gasteiger partial charge in [-0.3, -0.25) is 9.59 Å². The van der Waals surface area contributed by atoms with E-state index >= 15 is 0 Å². The molecule has 4 nitrogen and oxygen atoms in total. The van der Waals surface area contributed by atoms with Crippen molar-refractivity contribution in [3.8, 4) is 0 Å². The third-order valence-electron chi connectivity index (χ3n) is 4.72. The van der Waals surface area contributed by atoms with Gasteiger partial charge < -0.3 is 10.0 Å². The lowest BCUT2D eigenvalue weighted by molar-refractivity contribution is -0.135. The third-order valence-corrected chi connectivity index (χ3v) is 5.21. The van der Waals surface area contributed by atoms with E-state index in [4.69, 9.17) is 0 Å². The van der Waals surface area contributed by atoms with Crippen molar-refractivity contribution in [2.24, 2.45) is 0 Å². The molecular formula is C20H20BrNO3. The highest BCUT2D eigenvalue weighted by molar-refractivity contribution is 9.10. The second kappa shape index (κ2) is 6.39. The maximum absolute atomic E-state index is 12.9. The van der Waals surface area contributed by atoms with Gasteiger partial charge in [0.15, 0.2) is 11.4 Å². The van der Waals surface area contributed by atoms with Crippen molar-refractivity contribution < 1.29 is 14.7 Å². The van der Waals surface area contributed by atoms with E-state index in [2.05, 4.69) is 15.9 Å². The number of benzene rings is 2. The van der Waals surface area contributed by atoms with Crippen LogP contribution in [0.15, 0.2) is 40.9 Å². The summed E-state index contributed by atoms with van der Waals surface area (Å²) >= 11 is 3.38. The van der Waals surface area contributed by atoms with Crippen LogP contribution in [0.5, 0.6) is 0 Å². The monoisotopic (exact) mass is 401 g/mol. The molecule has 5 heteroatoms. The van der Waals surface area contributed by atoms with E-state index in [-0.39, 0.29) is 12.2 Å². The molecule has 1 amide bonds. The maximum atomic E-state index is 12.9. The lowest BCUT2D eigenvalue weighted by atomic mass is 9.87. The van der Waals surface area contributed by atoms with Gasteiger partial charge in [0.05, 0.1) is 12.1 Å². The standard InChI is InChI=1S/C20H20BrNO3/c1-4-22-17-8-7-14(21)10-16(17)20(25,19(22)24)11-18(23)15-9-12(2)5-6-13(15)3/h5-10,25H,4,11H2,1-3H3/t20-/m1/s1. The number of likely N-dealkylation sites (N-methyl/N-ethyl adjacent to an activating group) is 1. The van der Waals surface area contributed by atoms with Crippen LogP contribution < -0.4 is 4.90 Å². The quantitative estimate of drug-likeness (QED) is 0.790. The molecule has 0 aliphatic carbocycles. The molecule has 0 saturated carbocycles. The lowest BCUT2D eigenvalue weighted by Crippen LogP contribution is -2.41. The van der Waals surface area contributed by atoms with Crippen LogP contribution in [0, 0.1) is 13.8 Å². The number of fused-ring (bicyclic) bond motifs is 1. The molecule has 3 rings (SSSR count). The molecule has 0 aromatic heterocycles. The van der Waals surface area contributed by atoms with Gasteiger partial charge in [0, 0.05) is 22.1 Å². The van der Waals surface area contributed by atoms with Crippen LogP contribution in [0.2, 0.25) is 0 Å². The number of ketones is 1. The van der Waals surface area contributed by atoms with Crippen molar-refractivity contribution in [3.05, 3.63) is 63.1 Å². The van der Waals surface area contributed by atoms with Gasteiger partial charge in [0.25, 0.3) is 5.91 Å². The molecule has 130 valence electrons. The van der Waals surface area contributed by atoms with Crippen LogP contribution in [-0.4, -0.2) is 23.3 Å². The number of carbonyl (C=O) groups excluding carboxylic acids is 2. The summed E-state index contributed by atoms with van der Waals surface area (Å²) in [4.78, 5) is 27.3. The predicted molar refractivity (Wildman–Crippen MR) is 101 cm³/mol. The molecule has 25 heavy (non-hydrogen) atoms. The van der Waals surface area contributed by atoms with Crippen molar-refractivity contribution in [2.75, 3.05) is 11.4 Å². The Morgan fingerprint density at radius 3 is 2.60 bits per heavy atom. The Bertz CT molecular complexity index is 877. The van der Waals surface area contributed by atoms with E-state index in [0.29, 0.717) is 23.4 Å². The minimum Gasteiger partial charge on any atom is -0.375 e. The molecule has 1 N–H and O–H groups in total. The van der Waals surface area contributed by atoms with E-state index in [1.165, 1.54) is 4.90 Å². The smallest absolute Gasteiger partial charge is 0.264 e. The average Bonchev–Trinajstić information content (AvgIpc) is 2.77. The fourth-order valence-corrected chi connectivity index (χ4v) is 3.73. The molecule has 0 unspecified atom stereocenters. The Morgan fingerprint density at radius 2 is 1.92 bits per heavy atom. The van der Waals surface area contributed by atoms with Crippen molar-refractivity contribution in [2.45, 2.75) is 32.8 Å². The summed E-state index contributed by atoms with van der Waals surface area (Å²) in [6, 6.07) is 11.0. The highest BCUT2D eigenvalue weighted by atomic mass is 79.9. The van der Waals surface area contributed by atoms with E-state index in [1.54, 1.807) is 18.2 Å². The first-order valence-corrected chi connectivity index (χ1v) is 9.02. The highest BCUT2D eigenvalue weighted by Gasteiger charge is 2.50. The zero-order valence-corrected chi connectivity index (χ0v) is 16.1. The van der Waals surface area contributed by atoms with Crippen molar-refractivity contribution in [1.29, 1.82) is 0 Å². The Hall–Kier alpha value is -1.98. The summed E-state index contributed by atoms with van der Waals surface area (Å²) in [6.45, 7) is 6.06. The van der Waals surface area contributed by atoms with Crippen LogP contribution in [0.3, 0.4) is 0 Å². The SMILES string of the molecule is CCN1C(=O)[C@@](O)(CC(=O)c2cc(C)ccc2C)c2cc(Br)ccc21. The van der Waals surface area contributed by atoms with Gasteiger partial charge in [0.2, 0.25) is 0 Å². The van der Waals surface area contributed by atoms with Crippen molar-refractivity contribution in [3.63, 3.8) is 0 Å². The number of anilines is 1. The first-order valence-electron chi connectivity index (χ1n) is 8.22. The summed E-state index contributed by atoms with van der Waals surface area (Å²) < 4.78 is 0.759. The van der Waals surface area contributed by atoms with Gasteiger partial charge >= 0.3 is 0 Å². The molecule has 2 aromatic rings. The molecule has 1 aliphatic rings. The zero-order chi connectivity index (χ0) is 18.4. The predicted octanol–water partition coefficient (Wildman–Crippen LogP) is 3.89. The van der Waals surface area contributed by atoms with Crippen LogP contribution in [0.4, 0.5) is 5.69 Å². The molecule has 0 spiro atoms. The van der Waals surface area contributed by atoms with E-state index in [0.717, 1.165) is 15.6 Å². The maximum Gasteiger partial charge on any atom is 0.264 e. The summed E-state index contributed by atoms with van der Waals surface area (Å²) in [5, 5.41) is 11.2. The van der Waals surface area contributed by atoms with Gasteiger partial charge in [-0.25, -0.2) is 0 Å². The summed E-state index contributed by atoms with van der Waals surface area (Å²) in [6.07, 6.45) is -0.268. The molecule has 0 saturated heterocycles. The van der Waals surface area contributed by atoms with Gasteiger partial charge in [0.1, 0.15) is 0 Å². The number of hydrogen-bond donors (Lipinski definition) is 1. The lowest BCUT2D eigenvalue weighted by Gasteiger charge is -2.22. The number of aryl methyl sites for hydroxylation is 2. The number of rotatable bonds is 4. The normalized spacial score (nSPS) is 19.2. The molecular weight excluding hydrogens is 382 g/mol. The van der Waals surface area contributed by atoms with Crippen LogP contribution in [0.25, 0.3) is 0 Å². The van der Waals surface area contributed by atoms with Gasteiger partial charge in [-0.2, -0.15) is 0 Å². The number of nitrogens with zero attached hydrogens (tertiary/aromatic N) is 1. The fraction of sp³-hybridized carbons (Fsp3) is 0.300. The molecule has 0 radical (unpaired) electrons. The number of carbonyl (C=O) groups is 2. The minimum atomic E-state index is -1.83. The van der Waals surface area contributed by atoms with Gasteiger partial charge in [-0.05, 0) is 50.6 Å². The van der Waals surface area contributed by atoms with Crippen molar-refractivity contribution >= 4 is 33.3 Å². The van der Waals surface area contributed by atoms with E-state index in [1.807, 2.05) is 39.0 Å². The number of Topliss-reactive ketones (excluding diaryl/α,β-unsaturated/α-hetero) is 1. The topological polar surface area (TPSA) is 57.6 Å². The Balaban J connectivity index is 2.04. The number of amides is 1. The first kappa shape index (κ1) is 17.8. The molecule has 1 aliphatic heterocycles. The number of hydrogen-bond acceptors (Lipinski definition) is 3. The van der Waals surface area contributed by atoms with Gasteiger partial charge in [-0.1, -0.05) is 33.6 Å². The highest BCUT2D eigenvalue weighted by Crippen LogP contribution is 2.44. The summed E-state index contributed by atoms with van der Waals surface area (Å²) in [5.74, 6) is -0.678. The third kappa shape index (κ3) is 2.92. The zero-order valence-electron chi connectivity index (χ0n) is 14.5. The van der Waals surface area contributed by atoms with E-state index < -0.39 is 11.5 Å². The fourth-order valence-electron chi connectivity index (χ4n) is 3.37. The first-order chi connectivity index (χ1) is 11.8. The second-order valence-corrected chi connectivity index (χ2v) is 7.41. The average molecular weight is 402 g/mol. The largest absolute Gasteiger partial charge is 0.375 e. The minimum absolute atomic E-state index is 0.235. The van der Waals surface area contributed by atoms with Gasteiger partial charge in [-0.15, -0.1) is 0 Å². The van der Waals surface area contributed by atoms with Crippen LogP contribution in [0.1, 0.15) is 40.4 Å². The number of halogens is 1. The molecule has 1 heterocycles. The summed E-state index contributed by atoms with van der Waals surface area (Å²) in [5.41, 5.74) is 1.66. The molecule has 0 bridgehead atoms. The van der Waals surface area contributed by atoms with E-state index in [9.17, 15) is 14.7 Å². The Kier molecular flexibility index (Phi) is 4.56. The second-order valence-electron chi connectivity index (χ2n) is 6.49. The molecule has 1 atom stereocenters. The molecule has 0 fully saturated rings. The summed E-state index contributed by atoms with van der Waals surface area (Å²) in [7, 11) is 0. The van der Waals surface area contributed by atoms with Crippen LogP contribution >= 0.6 is 15.9 Å². The number of aliphatic hydroxyl groups is 1. The molecule has 2 aromatic carbocycles. The van der Waals surface area contributed by atoms with Crippen molar-refractivity contribution in [1.82, 2.24) is 0 Å². The Labute approximate surface area is 155 Å². The Morgan fingerprint density at radius 1 is 1.20 bits per heavy atom.